The Bertz CT molecular complexity index is 669. The number of piperidine rings is 1. The summed E-state index contributed by atoms with van der Waals surface area (Å²) in [5.74, 6) is 0.0654. The van der Waals surface area contributed by atoms with Crippen molar-refractivity contribution in [3.8, 4) is 0 Å². The first kappa shape index (κ1) is 15.4. The highest BCUT2D eigenvalue weighted by atomic mass is 16.2. The summed E-state index contributed by atoms with van der Waals surface area (Å²) in [5.41, 5.74) is 2.08. The number of nitrogens with zero attached hydrogens (tertiary/aromatic N) is 3. The van der Waals surface area contributed by atoms with Crippen molar-refractivity contribution in [2.45, 2.75) is 31.2 Å². The van der Waals surface area contributed by atoms with Gasteiger partial charge in [0.15, 0.2) is 0 Å². The van der Waals surface area contributed by atoms with E-state index in [1.54, 1.807) is 12.3 Å². The molecule has 2 saturated heterocycles. The largest absolute Gasteiger partial charge is 0.337 e. The topological polar surface area (TPSA) is 52.2 Å². The van der Waals surface area contributed by atoms with Gasteiger partial charge < -0.3 is 4.90 Å². The van der Waals surface area contributed by atoms with Gasteiger partial charge >= 0.3 is 0 Å². The molecule has 0 unspecified atom stereocenters. The number of aromatic amines is 1. The van der Waals surface area contributed by atoms with Gasteiger partial charge in [0, 0.05) is 24.8 Å². The fraction of sp³-hybridized carbons (Fsp3) is 0.474. The zero-order valence-corrected chi connectivity index (χ0v) is 13.9. The van der Waals surface area contributed by atoms with E-state index in [0.717, 1.165) is 25.9 Å². The zero-order chi connectivity index (χ0) is 16.4. The van der Waals surface area contributed by atoms with Gasteiger partial charge in [-0.3, -0.25) is 14.8 Å². The second kappa shape index (κ2) is 6.40. The first-order valence-electron chi connectivity index (χ1n) is 8.89. The maximum atomic E-state index is 12.6. The highest BCUT2D eigenvalue weighted by Gasteiger charge is 2.43. The number of rotatable bonds is 3. The van der Waals surface area contributed by atoms with Crippen LogP contribution >= 0.6 is 0 Å². The van der Waals surface area contributed by atoms with E-state index >= 15 is 0 Å². The Kier molecular flexibility index (Phi) is 4.10. The lowest BCUT2D eigenvalue weighted by Gasteiger charge is -2.48. The van der Waals surface area contributed by atoms with Crippen molar-refractivity contribution in [1.82, 2.24) is 20.0 Å². The van der Waals surface area contributed by atoms with Crippen molar-refractivity contribution in [3.63, 3.8) is 0 Å². The smallest absolute Gasteiger partial charge is 0.271 e. The first-order valence-corrected chi connectivity index (χ1v) is 8.89. The van der Waals surface area contributed by atoms with Crippen LogP contribution in [0.25, 0.3) is 0 Å². The summed E-state index contributed by atoms with van der Waals surface area (Å²) in [6.07, 6.45) is 6.19. The van der Waals surface area contributed by atoms with Crippen LogP contribution < -0.4 is 0 Å². The molecule has 1 amide bonds. The number of likely N-dealkylation sites (tertiary alicyclic amines) is 2. The minimum absolute atomic E-state index is 0.0654. The predicted molar refractivity (Wildman–Crippen MR) is 92.7 cm³/mol. The molecular formula is C19H24N4O. The van der Waals surface area contributed by atoms with Crippen LogP contribution in [-0.2, 0) is 5.54 Å². The predicted octanol–water partition coefficient (Wildman–Crippen LogP) is 2.64. The second-order valence-electron chi connectivity index (χ2n) is 6.85. The molecule has 3 heterocycles. The number of carbonyl (C=O) groups is 1. The lowest BCUT2D eigenvalue weighted by atomic mass is 9.79. The van der Waals surface area contributed by atoms with Crippen LogP contribution in [0.2, 0.25) is 0 Å². The minimum atomic E-state index is 0.0654. The molecule has 0 bridgehead atoms. The van der Waals surface area contributed by atoms with E-state index in [4.69, 9.17) is 0 Å². The Balaban J connectivity index is 1.56. The lowest BCUT2D eigenvalue weighted by molar-refractivity contribution is 0.0291. The SMILES string of the molecule is O=C(c1ccn[nH]1)N1CCC(c2ccccc2)(N2CCCC2)CC1. The van der Waals surface area contributed by atoms with Gasteiger partial charge in [-0.15, -0.1) is 0 Å². The monoisotopic (exact) mass is 324 g/mol. The van der Waals surface area contributed by atoms with E-state index in [1.165, 1.54) is 31.5 Å². The van der Waals surface area contributed by atoms with Crippen LogP contribution in [-0.4, -0.2) is 52.1 Å². The quantitative estimate of drug-likeness (QED) is 0.944. The van der Waals surface area contributed by atoms with Crippen LogP contribution in [0.3, 0.4) is 0 Å². The number of aromatic nitrogens is 2. The number of carbonyl (C=O) groups excluding carboxylic acids is 1. The third kappa shape index (κ3) is 2.63. The molecule has 5 heteroatoms. The van der Waals surface area contributed by atoms with Crippen molar-refractivity contribution in [3.05, 3.63) is 53.9 Å². The molecule has 2 aliphatic heterocycles. The molecule has 2 aromatic rings. The second-order valence-corrected chi connectivity index (χ2v) is 6.85. The van der Waals surface area contributed by atoms with Gasteiger partial charge in [0.1, 0.15) is 5.69 Å². The molecule has 1 aromatic heterocycles. The molecule has 1 aromatic carbocycles. The normalized spacial score (nSPS) is 21.1. The molecule has 4 rings (SSSR count). The Labute approximate surface area is 142 Å². The Morgan fingerprint density at radius 3 is 2.33 bits per heavy atom. The molecule has 2 fully saturated rings. The molecule has 0 spiro atoms. The van der Waals surface area contributed by atoms with Crippen molar-refractivity contribution < 1.29 is 4.79 Å². The van der Waals surface area contributed by atoms with Gasteiger partial charge in [0.2, 0.25) is 0 Å². The zero-order valence-electron chi connectivity index (χ0n) is 13.9. The molecular weight excluding hydrogens is 300 g/mol. The van der Waals surface area contributed by atoms with Crippen molar-refractivity contribution in [2.75, 3.05) is 26.2 Å². The Morgan fingerprint density at radius 2 is 1.71 bits per heavy atom. The number of hydrogen-bond donors (Lipinski definition) is 1. The van der Waals surface area contributed by atoms with E-state index in [2.05, 4.69) is 45.4 Å². The third-order valence-corrected chi connectivity index (χ3v) is 5.63. The number of hydrogen-bond acceptors (Lipinski definition) is 3. The summed E-state index contributed by atoms with van der Waals surface area (Å²) >= 11 is 0. The number of amides is 1. The minimum Gasteiger partial charge on any atom is -0.337 e. The number of nitrogens with one attached hydrogen (secondary N) is 1. The highest BCUT2D eigenvalue weighted by molar-refractivity contribution is 5.92. The van der Waals surface area contributed by atoms with Gasteiger partial charge in [-0.2, -0.15) is 5.10 Å². The average molecular weight is 324 g/mol. The van der Waals surface area contributed by atoms with Gasteiger partial charge in [-0.25, -0.2) is 0 Å². The van der Waals surface area contributed by atoms with Crippen molar-refractivity contribution in [1.29, 1.82) is 0 Å². The fourth-order valence-electron chi connectivity index (χ4n) is 4.31. The van der Waals surface area contributed by atoms with Gasteiger partial charge in [-0.05, 0) is 50.4 Å². The average Bonchev–Trinajstić information content (AvgIpc) is 3.36. The molecule has 0 aliphatic carbocycles. The van der Waals surface area contributed by atoms with Crippen LogP contribution in [0.4, 0.5) is 0 Å². The molecule has 1 N–H and O–H groups in total. The van der Waals surface area contributed by atoms with E-state index in [0.29, 0.717) is 5.69 Å². The van der Waals surface area contributed by atoms with E-state index in [-0.39, 0.29) is 11.4 Å². The highest BCUT2D eigenvalue weighted by Crippen LogP contribution is 2.40. The number of H-pyrrole nitrogens is 1. The molecule has 24 heavy (non-hydrogen) atoms. The summed E-state index contributed by atoms with van der Waals surface area (Å²) in [6.45, 7) is 3.93. The van der Waals surface area contributed by atoms with Crippen molar-refractivity contribution >= 4 is 5.91 Å². The van der Waals surface area contributed by atoms with Crippen LogP contribution in [0.1, 0.15) is 41.7 Å². The third-order valence-electron chi connectivity index (χ3n) is 5.63. The Hall–Kier alpha value is -2.14. The Morgan fingerprint density at radius 1 is 1.00 bits per heavy atom. The summed E-state index contributed by atoms with van der Waals surface area (Å²) in [6, 6.07) is 12.6. The first-order chi connectivity index (χ1) is 11.8. The standard InChI is InChI=1S/C19H24N4O/c24-18(17-8-11-20-21-17)22-14-9-19(10-15-22,23-12-4-5-13-23)16-6-2-1-3-7-16/h1-3,6-8,11H,4-5,9-10,12-15H2,(H,20,21). The van der Waals surface area contributed by atoms with Gasteiger partial charge in [0.25, 0.3) is 5.91 Å². The lowest BCUT2D eigenvalue weighted by Crippen LogP contribution is -2.53. The van der Waals surface area contributed by atoms with E-state index < -0.39 is 0 Å². The van der Waals surface area contributed by atoms with E-state index in [9.17, 15) is 4.79 Å². The number of benzene rings is 1. The maximum Gasteiger partial charge on any atom is 0.271 e. The maximum absolute atomic E-state index is 12.6. The summed E-state index contributed by atoms with van der Waals surface area (Å²) < 4.78 is 0. The van der Waals surface area contributed by atoms with Crippen LogP contribution in [0.15, 0.2) is 42.6 Å². The summed E-state index contributed by atoms with van der Waals surface area (Å²) in [7, 11) is 0. The van der Waals surface area contributed by atoms with Crippen molar-refractivity contribution in [2.24, 2.45) is 0 Å². The summed E-state index contributed by atoms with van der Waals surface area (Å²) in [4.78, 5) is 17.2. The summed E-state index contributed by atoms with van der Waals surface area (Å²) in [5, 5.41) is 6.69. The van der Waals surface area contributed by atoms with Crippen LogP contribution in [0, 0.1) is 0 Å². The van der Waals surface area contributed by atoms with Gasteiger partial charge in [-0.1, -0.05) is 30.3 Å². The molecule has 0 radical (unpaired) electrons. The van der Waals surface area contributed by atoms with E-state index in [1.807, 2.05) is 4.90 Å². The fourth-order valence-corrected chi connectivity index (χ4v) is 4.31. The van der Waals surface area contributed by atoms with Crippen LogP contribution in [0.5, 0.6) is 0 Å². The molecule has 2 aliphatic rings. The molecule has 126 valence electrons. The molecule has 0 atom stereocenters. The molecule has 0 saturated carbocycles. The molecule has 5 nitrogen and oxygen atoms in total. The van der Waals surface area contributed by atoms with Gasteiger partial charge in [0.05, 0.1) is 0 Å².